The molecular formula is C42H43N. The Morgan fingerprint density at radius 3 is 1.60 bits per heavy atom. The maximum absolute atomic E-state index is 6.40. The first-order chi connectivity index (χ1) is 20.9. The minimum absolute atomic E-state index is 0.101. The van der Waals surface area contributed by atoms with E-state index in [0.29, 0.717) is 0 Å². The van der Waals surface area contributed by atoms with Crippen LogP contribution in [0.2, 0.25) is 0 Å². The second-order valence-corrected chi connectivity index (χ2v) is 12.3. The van der Waals surface area contributed by atoms with Crippen LogP contribution in [-0.4, -0.2) is 0 Å². The van der Waals surface area contributed by atoms with Crippen molar-refractivity contribution in [2.75, 3.05) is 0 Å². The minimum Gasteiger partial charge on any atom is -0.324 e. The molecule has 0 spiro atoms. The Kier molecular flexibility index (Phi) is 8.45. The van der Waals surface area contributed by atoms with Crippen molar-refractivity contribution in [1.29, 1.82) is 0 Å². The lowest BCUT2D eigenvalue weighted by molar-refractivity contribution is 0.638. The summed E-state index contributed by atoms with van der Waals surface area (Å²) in [4.78, 5) is 0. The zero-order chi connectivity index (χ0) is 29.9. The van der Waals surface area contributed by atoms with Crippen molar-refractivity contribution in [1.82, 2.24) is 0 Å². The fourth-order valence-corrected chi connectivity index (χ4v) is 6.57. The van der Waals surface area contributed by atoms with Crippen LogP contribution in [0.25, 0.3) is 54.9 Å². The molecular weight excluding hydrogens is 518 g/mol. The van der Waals surface area contributed by atoms with E-state index in [0.717, 1.165) is 19.3 Å². The number of fused-ring (bicyclic) bond motifs is 2. The predicted molar refractivity (Wildman–Crippen MR) is 188 cm³/mol. The van der Waals surface area contributed by atoms with Gasteiger partial charge in [0.25, 0.3) is 0 Å². The number of benzene rings is 6. The van der Waals surface area contributed by atoms with Gasteiger partial charge < -0.3 is 5.73 Å². The molecule has 0 amide bonds. The molecule has 1 unspecified atom stereocenters. The molecule has 0 radical (unpaired) electrons. The monoisotopic (exact) mass is 561 g/mol. The summed E-state index contributed by atoms with van der Waals surface area (Å²) in [6, 6.07) is 41.3. The number of hydrogen-bond donors (Lipinski definition) is 1. The normalized spacial score (nSPS) is 12.2. The number of nitrogens with two attached hydrogens (primary N) is 1. The van der Waals surface area contributed by atoms with Crippen LogP contribution in [0.1, 0.15) is 67.8 Å². The second-order valence-electron chi connectivity index (χ2n) is 12.3. The lowest BCUT2D eigenvalue weighted by Crippen LogP contribution is -2.09. The molecule has 0 aliphatic heterocycles. The van der Waals surface area contributed by atoms with E-state index < -0.39 is 0 Å². The summed E-state index contributed by atoms with van der Waals surface area (Å²) in [5, 5.41) is 5.11. The van der Waals surface area contributed by atoms with Gasteiger partial charge in [-0.05, 0) is 117 Å². The molecule has 0 saturated carbocycles. The first-order valence-corrected chi connectivity index (χ1v) is 16.0. The Morgan fingerprint density at radius 1 is 0.535 bits per heavy atom. The standard InChI is InChI=1S/C42H43N/c1-5-7-9-30-10-12-31(13-11-30)34-18-20-39-36(25-34)27-37-26-35(32-14-16-33(17-15-32)41(43)8-6-2)19-21-40(37)42(39)38-23-28(3)22-29(4)24-38/h10-27,41H,5-9,43H2,1-4H3. The summed E-state index contributed by atoms with van der Waals surface area (Å²) < 4.78 is 0. The third-order valence-electron chi connectivity index (χ3n) is 8.84. The summed E-state index contributed by atoms with van der Waals surface area (Å²) in [5.74, 6) is 0. The van der Waals surface area contributed by atoms with E-state index in [9.17, 15) is 0 Å². The zero-order valence-corrected chi connectivity index (χ0v) is 26.1. The molecule has 1 atom stereocenters. The SMILES string of the molecule is CCCCc1ccc(-c2ccc3c(-c4cc(C)cc(C)c4)c4ccc(-c5ccc(C(N)CCC)cc5)cc4cc3c2)cc1. The Balaban J connectivity index is 1.49. The van der Waals surface area contributed by atoms with Crippen molar-refractivity contribution in [2.24, 2.45) is 5.73 Å². The third kappa shape index (κ3) is 6.14. The van der Waals surface area contributed by atoms with Crippen LogP contribution in [0.15, 0.2) is 109 Å². The van der Waals surface area contributed by atoms with Crippen molar-refractivity contribution in [3.05, 3.63) is 131 Å². The van der Waals surface area contributed by atoms with E-state index in [1.807, 2.05) is 0 Å². The van der Waals surface area contributed by atoms with E-state index in [1.165, 1.54) is 90.0 Å². The molecule has 1 nitrogen and oxygen atoms in total. The molecule has 1 heteroatoms. The molecule has 6 aromatic rings. The Labute approximate surface area is 257 Å². The summed E-state index contributed by atoms with van der Waals surface area (Å²) in [7, 11) is 0. The van der Waals surface area contributed by atoms with Gasteiger partial charge in [0.05, 0.1) is 0 Å². The molecule has 6 aromatic carbocycles. The van der Waals surface area contributed by atoms with Crippen molar-refractivity contribution in [2.45, 2.75) is 65.8 Å². The van der Waals surface area contributed by atoms with Crippen LogP contribution in [0.4, 0.5) is 0 Å². The molecule has 2 N–H and O–H groups in total. The predicted octanol–water partition coefficient (Wildman–Crippen LogP) is 11.8. The molecule has 216 valence electrons. The number of unbranched alkanes of at least 4 members (excludes halogenated alkanes) is 1. The van der Waals surface area contributed by atoms with Gasteiger partial charge in [-0.25, -0.2) is 0 Å². The maximum atomic E-state index is 6.40. The Hall–Kier alpha value is -4.20. The molecule has 0 heterocycles. The van der Waals surface area contributed by atoms with Gasteiger partial charge in [0, 0.05) is 6.04 Å². The summed E-state index contributed by atoms with van der Waals surface area (Å²) in [5.41, 5.74) is 19.2. The summed E-state index contributed by atoms with van der Waals surface area (Å²) >= 11 is 0. The van der Waals surface area contributed by atoms with E-state index in [4.69, 9.17) is 5.73 Å². The third-order valence-corrected chi connectivity index (χ3v) is 8.84. The first-order valence-electron chi connectivity index (χ1n) is 16.0. The zero-order valence-electron chi connectivity index (χ0n) is 26.1. The molecule has 6 rings (SSSR count). The van der Waals surface area contributed by atoms with E-state index >= 15 is 0 Å². The highest BCUT2D eigenvalue weighted by molar-refractivity contribution is 6.14. The Bertz CT molecular complexity index is 1860. The van der Waals surface area contributed by atoms with Crippen LogP contribution < -0.4 is 5.73 Å². The largest absolute Gasteiger partial charge is 0.324 e. The van der Waals surface area contributed by atoms with Crippen molar-refractivity contribution in [3.8, 4) is 33.4 Å². The van der Waals surface area contributed by atoms with Crippen molar-refractivity contribution >= 4 is 21.5 Å². The topological polar surface area (TPSA) is 26.0 Å². The summed E-state index contributed by atoms with van der Waals surface area (Å²) in [6.45, 7) is 8.83. The van der Waals surface area contributed by atoms with Gasteiger partial charge >= 0.3 is 0 Å². The van der Waals surface area contributed by atoms with Gasteiger partial charge in [0.15, 0.2) is 0 Å². The second kappa shape index (κ2) is 12.6. The molecule has 0 aliphatic rings. The van der Waals surface area contributed by atoms with E-state index in [1.54, 1.807) is 0 Å². The lowest BCUT2D eigenvalue weighted by Gasteiger charge is -2.16. The smallest absolute Gasteiger partial charge is 0.0294 e. The van der Waals surface area contributed by atoms with Gasteiger partial charge in [-0.3, -0.25) is 0 Å². The highest BCUT2D eigenvalue weighted by Gasteiger charge is 2.14. The van der Waals surface area contributed by atoms with Gasteiger partial charge in [0.2, 0.25) is 0 Å². The highest BCUT2D eigenvalue weighted by Crippen LogP contribution is 2.40. The minimum atomic E-state index is 0.101. The van der Waals surface area contributed by atoms with Crippen LogP contribution in [0, 0.1) is 13.8 Å². The van der Waals surface area contributed by atoms with Crippen LogP contribution in [-0.2, 0) is 6.42 Å². The quantitative estimate of drug-likeness (QED) is 0.175. The molecule has 0 saturated heterocycles. The molecule has 0 aliphatic carbocycles. The van der Waals surface area contributed by atoms with Gasteiger partial charge in [-0.1, -0.05) is 129 Å². The maximum Gasteiger partial charge on any atom is 0.0294 e. The van der Waals surface area contributed by atoms with Gasteiger partial charge in [0.1, 0.15) is 0 Å². The molecule has 0 fully saturated rings. The van der Waals surface area contributed by atoms with Crippen LogP contribution in [0.5, 0.6) is 0 Å². The van der Waals surface area contributed by atoms with Gasteiger partial charge in [-0.2, -0.15) is 0 Å². The average molecular weight is 562 g/mol. The van der Waals surface area contributed by atoms with E-state index in [2.05, 4.69) is 137 Å². The molecule has 0 bridgehead atoms. The van der Waals surface area contributed by atoms with E-state index in [-0.39, 0.29) is 6.04 Å². The summed E-state index contributed by atoms with van der Waals surface area (Å²) in [6.07, 6.45) is 5.72. The van der Waals surface area contributed by atoms with Crippen LogP contribution in [0.3, 0.4) is 0 Å². The van der Waals surface area contributed by atoms with Crippen LogP contribution >= 0.6 is 0 Å². The number of rotatable bonds is 9. The number of hydrogen-bond acceptors (Lipinski definition) is 1. The Morgan fingerprint density at radius 2 is 1.07 bits per heavy atom. The van der Waals surface area contributed by atoms with Crippen molar-refractivity contribution < 1.29 is 0 Å². The fraction of sp³-hybridized carbons (Fsp3) is 0.238. The molecule has 43 heavy (non-hydrogen) atoms. The highest BCUT2D eigenvalue weighted by atomic mass is 14.6. The molecule has 0 aromatic heterocycles. The number of aryl methyl sites for hydroxylation is 3. The van der Waals surface area contributed by atoms with Gasteiger partial charge in [-0.15, -0.1) is 0 Å². The average Bonchev–Trinajstić information content (AvgIpc) is 3.02. The lowest BCUT2D eigenvalue weighted by atomic mass is 9.88. The fourth-order valence-electron chi connectivity index (χ4n) is 6.57. The van der Waals surface area contributed by atoms with Crippen molar-refractivity contribution in [3.63, 3.8) is 0 Å². The first kappa shape index (κ1) is 28.9.